The number of alkyl halides is 1. The van der Waals surface area contributed by atoms with Gasteiger partial charge in [-0.25, -0.2) is 4.39 Å². The number of benzene rings is 1. The highest BCUT2D eigenvalue weighted by atomic mass is 19.1. The molecule has 0 amide bonds. The van der Waals surface area contributed by atoms with Crippen LogP contribution in [0.5, 0.6) is 0 Å². The first-order valence-electron chi connectivity index (χ1n) is 5.93. The zero-order chi connectivity index (χ0) is 12.7. The number of nitrogens with zero attached hydrogens (tertiary/aromatic N) is 4. The molecule has 0 saturated heterocycles. The largest absolute Gasteiger partial charge is 0.398 e. The Bertz CT molecular complexity index is 574. The summed E-state index contributed by atoms with van der Waals surface area (Å²) in [6, 6.07) is 5.71. The fraction of sp³-hybridized carbons (Fsp3) is 0.417. The summed E-state index contributed by atoms with van der Waals surface area (Å²) in [6.07, 6.45) is 0.233. The molecule has 1 aliphatic carbocycles. The molecule has 1 heterocycles. The smallest absolute Gasteiger partial charge is 0.205 e. The molecule has 2 aromatic rings. The van der Waals surface area contributed by atoms with Crippen molar-refractivity contribution in [3.63, 3.8) is 0 Å². The zero-order valence-corrected chi connectivity index (χ0v) is 10.0. The average Bonchev–Trinajstić information content (AvgIpc) is 2.78. The summed E-state index contributed by atoms with van der Waals surface area (Å²) in [5.41, 5.74) is 8.41. The van der Waals surface area contributed by atoms with E-state index in [-0.39, 0.29) is 6.04 Å². The Morgan fingerprint density at radius 2 is 2.17 bits per heavy atom. The molecular weight excluding hydrogens is 233 g/mol. The first kappa shape index (κ1) is 11.1. The Kier molecular flexibility index (Phi) is 2.50. The number of anilines is 1. The van der Waals surface area contributed by atoms with E-state index in [2.05, 4.69) is 15.4 Å². The van der Waals surface area contributed by atoms with Gasteiger partial charge in [0.25, 0.3) is 0 Å². The maximum Gasteiger partial charge on any atom is 0.205 e. The van der Waals surface area contributed by atoms with E-state index < -0.39 is 6.17 Å². The summed E-state index contributed by atoms with van der Waals surface area (Å²) in [5, 5.41) is 12.2. The third kappa shape index (κ3) is 1.83. The van der Waals surface area contributed by atoms with E-state index in [4.69, 9.17) is 5.73 Å². The number of aromatic nitrogens is 4. The number of halogens is 1. The van der Waals surface area contributed by atoms with Gasteiger partial charge in [-0.15, -0.1) is 10.2 Å². The van der Waals surface area contributed by atoms with Crippen molar-refractivity contribution in [3.05, 3.63) is 23.8 Å². The van der Waals surface area contributed by atoms with Gasteiger partial charge in [-0.3, -0.25) is 0 Å². The van der Waals surface area contributed by atoms with Gasteiger partial charge in [-0.2, -0.15) is 4.80 Å². The molecule has 1 aliphatic rings. The summed E-state index contributed by atoms with van der Waals surface area (Å²) in [5.74, 6) is 0.531. The van der Waals surface area contributed by atoms with Crippen LogP contribution in [0.3, 0.4) is 0 Å². The van der Waals surface area contributed by atoms with Crippen molar-refractivity contribution in [1.29, 1.82) is 0 Å². The van der Waals surface area contributed by atoms with Crippen LogP contribution in [0, 0.1) is 6.92 Å². The number of hydrogen-bond donors (Lipinski definition) is 1. The third-order valence-electron chi connectivity index (χ3n) is 3.35. The Balaban J connectivity index is 1.86. The quantitative estimate of drug-likeness (QED) is 0.823. The van der Waals surface area contributed by atoms with Crippen LogP contribution >= 0.6 is 0 Å². The molecule has 1 aromatic heterocycles. The highest BCUT2D eigenvalue weighted by Gasteiger charge is 2.32. The highest BCUT2D eigenvalue weighted by Crippen LogP contribution is 2.33. The summed E-state index contributed by atoms with van der Waals surface area (Å²) in [6.45, 7) is 1.94. The van der Waals surface area contributed by atoms with E-state index in [0.29, 0.717) is 24.4 Å². The number of tetrazole rings is 1. The predicted molar refractivity (Wildman–Crippen MR) is 65.6 cm³/mol. The first-order chi connectivity index (χ1) is 8.63. The Morgan fingerprint density at radius 1 is 1.39 bits per heavy atom. The first-order valence-corrected chi connectivity index (χ1v) is 5.93. The molecule has 0 unspecified atom stereocenters. The minimum Gasteiger partial charge on any atom is -0.398 e. The molecular formula is C12H14FN5. The molecule has 1 saturated carbocycles. The minimum atomic E-state index is -0.723. The van der Waals surface area contributed by atoms with E-state index in [9.17, 15) is 4.39 Å². The van der Waals surface area contributed by atoms with Gasteiger partial charge in [0.15, 0.2) is 0 Å². The molecule has 0 spiro atoms. The minimum absolute atomic E-state index is 0.0454. The Hall–Kier alpha value is -1.98. The van der Waals surface area contributed by atoms with Crippen molar-refractivity contribution >= 4 is 5.69 Å². The normalized spacial score (nSPS) is 22.8. The van der Waals surface area contributed by atoms with Gasteiger partial charge in [0, 0.05) is 24.1 Å². The van der Waals surface area contributed by atoms with Crippen LogP contribution in [-0.2, 0) is 0 Å². The summed E-state index contributed by atoms with van der Waals surface area (Å²) in [7, 11) is 0. The number of aryl methyl sites for hydroxylation is 1. The van der Waals surface area contributed by atoms with E-state index in [1.54, 1.807) is 0 Å². The molecule has 0 atom stereocenters. The lowest BCUT2D eigenvalue weighted by Gasteiger charge is -2.27. The second-order valence-corrected chi connectivity index (χ2v) is 4.73. The van der Waals surface area contributed by atoms with Crippen molar-refractivity contribution in [2.75, 3.05) is 5.73 Å². The second-order valence-electron chi connectivity index (χ2n) is 4.73. The number of hydrogen-bond acceptors (Lipinski definition) is 4. The molecule has 2 N–H and O–H groups in total. The van der Waals surface area contributed by atoms with Crippen molar-refractivity contribution in [1.82, 2.24) is 20.2 Å². The van der Waals surface area contributed by atoms with Crippen LogP contribution in [0.4, 0.5) is 10.1 Å². The maximum absolute atomic E-state index is 12.8. The van der Waals surface area contributed by atoms with Gasteiger partial charge in [-0.1, -0.05) is 12.1 Å². The van der Waals surface area contributed by atoms with Gasteiger partial charge < -0.3 is 5.73 Å². The van der Waals surface area contributed by atoms with E-state index in [1.165, 1.54) is 4.80 Å². The van der Waals surface area contributed by atoms with Crippen LogP contribution in [0.15, 0.2) is 18.2 Å². The topological polar surface area (TPSA) is 69.6 Å². The second kappa shape index (κ2) is 4.04. The third-order valence-corrected chi connectivity index (χ3v) is 3.35. The van der Waals surface area contributed by atoms with Crippen LogP contribution < -0.4 is 5.73 Å². The molecule has 6 heteroatoms. The van der Waals surface area contributed by atoms with Crippen molar-refractivity contribution in [3.8, 4) is 11.4 Å². The van der Waals surface area contributed by atoms with E-state index >= 15 is 0 Å². The van der Waals surface area contributed by atoms with Gasteiger partial charge in [0.05, 0.1) is 6.04 Å². The van der Waals surface area contributed by atoms with Crippen LogP contribution in [0.25, 0.3) is 11.4 Å². The lowest BCUT2D eigenvalue weighted by Crippen LogP contribution is -2.29. The molecule has 0 radical (unpaired) electrons. The van der Waals surface area contributed by atoms with Crippen molar-refractivity contribution < 1.29 is 4.39 Å². The van der Waals surface area contributed by atoms with Crippen molar-refractivity contribution in [2.24, 2.45) is 0 Å². The van der Waals surface area contributed by atoms with Gasteiger partial charge in [0.1, 0.15) is 6.17 Å². The molecule has 0 aliphatic heterocycles. The number of rotatable bonds is 2. The highest BCUT2D eigenvalue weighted by molar-refractivity contribution is 5.62. The zero-order valence-electron chi connectivity index (χ0n) is 10.0. The molecule has 5 nitrogen and oxygen atoms in total. The average molecular weight is 247 g/mol. The standard InChI is InChI=1S/C12H14FN5/c1-7-2-3-8(4-11(7)14)12-15-17-18(16-12)10-5-9(13)6-10/h2-4,9-10H,5-6,14H2,1H3. The van der Waals surface area contributed by atoms with Crippen LogP contribution in [0.1, 0.15) is 24.4 Å². The fourth-order valence-electron chi connectivity index (χ4n) is 1.98. The molecule has 3 rings (SSSR count). The SMILES string of the molecule is Cc1ccc(-c2nnn(C3CC(F)C3)n2)cc1N. The Labute approximate surface area is 104 Å². The maximum atomic E-state index is 12.8. The van der Waals surface area contributed by atoms with Gasteiger partial charge >= 0.3 is 0 Å². The summed E-state index contributed by atoms with van der Waals surface area (Å²) in [4.78, 5) is 1.50. The molecule has 1 aromatic carbocycles. The van der Waals surface area contributed by atoms with Crippen LogP contribution in [0.2, 0.25) is 0 Å². The fourth-order valence-corrected chi connectivity index (χ4v) is 1.98. The monoisotopic (exact) mass is 247 g/mol. The van der Waals surface area contributed by atoms with Crippen molar-refractivity contribution in [2.45, 2.75) is 32.0 Å². The van der Waals surface area contributed by atoms with Gasteiger partial charge in [0.2, 0.25) is 5.82 Å². The summed E-state index contributed by atoms with van der Waals surface area (Å²) >= 11 is 0. The summed E-state index contributed by atoms with van der Waals surface area (Å²) < 4.78 is 12.8. The molecule has 1 fully saturated rings. The molecule has 94 valence electrons. The van der Waals surface area contributed by atoms with Crippen LogP contribution in [-0.4, -0.2) is 26.4 Å². The molecule has 18 heavy (non-hydrogen) atoms. The Morgan fingerprint density at radius 3 is 2.83 bits per heavy atom. The van der Waals surface area contributed by atoms with E-state index in [0.717, 1.165) is 11.1 Å². The number of nitrogens with two attached hydrogens (primary N) is 1. The van der Waals surface area contributed by atoms with E-state index in [1.807, 2.05) is 25.1 Å². The number of nitrogen functional groups attached to an aromatic ring is 1. The lowest BCUT2D eigenvalue weighted by atomic mass is 9.91. The predicted octanol–water partition coefficient (Wildman–Crippen LogP) is 1.90. The lowest BCUT2D eigenvalue weighted by molar-refractivity contribution is 0.116. The van der Waals surface area contributed by atoms with Gasteiger partial charge in [-0.05, 0) is 23.8 Å². The molecule has 0 bridgehead atoms.